The summed E-state index contributed by atoms with van der Waals surface area (Å²) in [6.07, 6.45) is 15.2. The molecule has 0 aromatic carbocycles. The van der Waals surface area contributed by atoms with Gasteiger partial charge in [-0.05, 0) is 172 Å². The molecule has 1 saturated heterocycles. The third-order valence-electron chi connectivity index (χ3n) is 24.3. The van der Waals surface area contributed by atoms with Crippen molar-refractivity contribution in [3.05, 3.63) is 12.2 Å². The van der Waals surface area contributed by atoms with E-state index in [-0.39, 0.29) is 87.6 Å². The molecule has 1 heterocycles. The minimum absolute atomic E-state index is 0.000725. The molecule has 18 atom stereocenters. The fourth-order valence-corrected chi connectivity index (χ4v) is 19.0. The second-order valence-corrected chi connectivity index (χ2v) is 28.3. The van der Waals surface area contributed by atoms with Gasteiger partial charge < -0.3 is 29.9 Å². The van der Waals surface area contributed by atoms with Crippen LogP contribution >= 0.6 is 0 Å². The molecule has 0 spiro atoms. The Hall–Kier alpha value is -2.50. The molecule has 5 saturated carbocycles. The smallest absolute Gasteiger partial charge is 0.245 e. The van der Waals surface area contributed by atoms with Crippen LogP contribution in [-0.4, -0.2) is 123 Å². The lowest BCUT2D eigenvalue weighted by atomic mass is 9.29. The number of carbonyl (C=O) groups is 4. The SMILES string of the molecule is C=C(C)[C@@H]1CC[C@]2(CC)CC[C@]3(C)C(CCC4[C@@]5(C)CC[C@H](NC(=O)[C@H](C)[C@@H](OC)C6CCCN6C(=O)C[C@@H](OC)[C@H]([C@@H](C)CC)N(C)C(=O)[C@@H](NC(=O)[C@H](C(C)C)N(C)C)C(C)C)C(C)(C)[C@]5(C)CC[C@]43C)[C@@H]12. The lowest BCUT2D eigenvalue weighted by molar-refractivity contribution is -0.269. The molecule has 0 aromatic heterocycles. The lowest BCUT2D eigenvalue weighted by Crippen LogP contribution is -2.71. The zero-order valence-electron chi connectivity index (χ0n) is 51.0. The highest BCUT2D eigenvalue weighted by Crippen LogP contribution is 2.80. The lowest BCUT2D eigenvalue weighted by Gasteiger charge is -2.76. The van der Waals surface area contributed by atoms with Gasteiger partial charge in [-0.2, -0.15) is 0 Å². The van der Waals surface area contributed by atoms with Gasteiger partial charge in [0, 0.05) is 33.9 Å². The molecule has 74 heavy (non-hydrogen) atoms. The zero-order valence-corrected chi connectivity index (χ0v) is 51.0. The molecule has 6 aliphatic rings. The van der Waals surface area contributed by atoms with Crippen LogP contribution in [0.3, 0.4) is 0 Å². The highest BCUT2D eigenvalue weighted by atomic mass is 16.5. The number of amides is 4. The van der Waals surface area contributed by atoms with E-state index in [1.54, 1.807) is 26.2 Å². The molecule has 424 valence electrons. The van der Waals surface area contributed by atoms with E-state index in [0.717, 1.165) is 43.9 Å². The Kier molecular flexibility index (Phi) is 18.6. The number of nitrogens with one attached hydrogen (secondary N) is 2. The Bertz CT molecular complexity index is 2010. The van der Waals surface area contributed by atoms with Crippen LogP contribution in [-0.2, 0) is 28.7 Å². The van der Waals surface area contributed by atoms with E-state index >= 15 is 0 Å². The van der Waals surface area contributed by atoms with Crippen molar-refractivity contribution in [2.24, 2.45) is 79.8 Å². The van der Waals surface area contributed by atoms with Gasteiger partial charge in [0.15, 0.2) is 0 Å². The van der Waals surface area contributed by atoms with Crippen molar-refractivity contribution in [1.29, 1.82) is 0 Å². The average Bonchev–Trinajstić information content (AvgIpc) is 3.99. The Morgan fingerprint density at radius 2 is 1.41 bits per heavy atom. The molecular weight excluding hydrogens is 923 g/mol. The number of rotatable bonds is 20. The van der Waals surface area contributed by atoms with Gasteiger partial charge in [0.1, 0.15) is 6.04 Å². The van der Waals surface area contributed by atoms with Gasteiger partial charge in [0.25, 0.3) is 0 Å². The van der Waals surface area contributed by atoms with Crippen molar-refractivity contribution in [2.75, 3.05) is 41.9 Å². The Morgan fingerprint density at radius 1 is 0.757 bits per heavy atom. The van der Waals surface area contributed by atoms with Gasteiger partial charge >= 0.3 is 0 Å². The number of allylic oxidation sites excluding steroid dienone is 1. The van der Waals surface area contributed by atoms with Gasteiger partial charge in [0.05, 0.1) is 42.7 Å². The number of likely N-dealkylation sites (N-methyl/N-ethyl adjacent to an activating group) is 2. The number of likely N-dealkylation sites (tertiary alicyclic amines) is 1. The first-order chi connectivity index (χ1) is 34.4. The first kappa shape index (κ1) is 60.7. The van der Waals surface area contributed by atoms with Crippen LogP contribution in [0.25, 0.3) is 0 Å². The van der Waals surface area contributed by atoms with Crippen LogP contribution < -0.4 is 10.6 Å². The Labute approximate surface area is 452 Å². The summed E-state index contributed by atoms with van der Waals surface area (Å²) in [7, 11) is 8.86. The highest BCUT2D eigenvalue weighted by molar-refractivity contribution is 5.90. The van der Waals surface area contributed by atoms with E-state index in [9.17, 15) is 19.2 Å². The maximum Gasteiger partial charge on any atom is 0.245 e. The molecule has 6 rings (SSSR count). The molecule has 2 N–H and O–H groups in total. The number of fused-ring (bicyclic) bond motifs is 7. The van der Waals surface area contributed by atoms with Gasteiger partial charge in [-0.3, -0.25) is 24.1 Å². The molecule has 4 amide bonds. The number of carbonyl (C=O) groups excluding carboxylic acids is 4. The molecule has 1 aliphatic heterocycles. The minimum Gasteiger partial charge on any atom is -0.379 e. The summed E-state index contributed by atoms with van der Waals surface area (Å²) in [4.78, 5) is 63.2. The number of hydrogen-bond acceptors (Lipinski definition) is 7. The monoisotopic (exact) mass is 1030 g/mol. The zero-order chi connectivity index (χ0) is 55.4. The molecule has 0 bridgehead atoms. The molecule has 6 fully saturated rings. The maximum atomic E-state index is 14.8. The standard InChI is InChI=1S/C63H111N5O6/c1-22-41(9)53(67(19)57(72)51(39(5)6)65-56(71)52(40(7)8)66(17)18)46(73-20)37-49(69)68-36-24-25-45(68)54(74-21)42(10)55(70)64-48-29-30-61(15)47-27-26-44-50-43(38(3)4)28-31-63(50,23-2)35-33-59(44,13)60(47,14)32-34-62(61,16)58(48,11)12/h39-48,50-54H,3,22-37H2,1-2,4-21H3,(H,64,70)(H,65,71)/t41-,42+,43-,44?,45?,46+,47?,48-,50+,51-,52-,53-,54+,59+,60+,61+,62-,63+/m0/s1. The summed E-state index contributed by atoms with van der Waals surface area (Å²) in [5.41, 5.74) is 2.54. The first-order valence-electron chi connectivity index (χ1n) is 30.0. The quantitative estimate of drug-likeness (QED) is 0.117. The fraction of sp³-hybridized carbons (Fsp3) is 0.905. The van der Waals surface area contributed by atoms with Gasteiger partial charge in [-0.15, -0.1) is 0 Å². The molecule has 3 unspecified atom stereocenters. The number of methoxy groups -OCH3 is 2. The summed E-state index contributed by atoms with van der Waals surface area (Å²) in [5, 5.41) is 6.78. The third-order valence-corrected chi connectivity index (χ3v) is 24.3. The van der Waals surface area contributed by atoms with Crippen LogP contribution in [0, 0.1) is 79.8 Å². The summed E-state index contributed by atoms with van der Waals surface area (Å²) in [6.45, 7) is 39.8. The van der Waals surface area contributed by atoms with E-state index in [1.807, 2.05) is 58.5 Å². The van der Waals surface area contributed by atoms with Crippen LogP contribution in [0.2, 0.25) is 0 Å². The molecule has 0 aromatic rings. The average molecular weight is 1030 g/mol. The summed E-state index contributed by atoms with van der Waals surface area (Å²) in [5.74, 6) is 1.81. The van der Waals surface area contributed by atoms with Crippen LogP contribution in [0.4, 0.5) is 0 Å². The molecule has 11 nitrogen and oxygen atoms in total. The number of hydrogen-bond donors (Lipinski definition) is 2. The minimum atomic E-state index is -0.745. The van der Waals surface area contributed by atoms with Gasteiger partial charge in [0.2, 0.25) is 23.6 Å². The predicted molar refractivity (Wildman–Crippen MR) is 301 cm³/mol. The largest absolute Gasteiger partial charge is 0.379 e. The van der Waals surface area contributed by atoms with Crippen molar-refractivity contribution in [3.8, 4) is 0 Å². The van der Waals surface area contributed by atoms with E-state index in [2.05, 4.69) is 86.4 Å². The van der Waals surface area contributed by atoms with E-state index < -0.39 is 30.2 Å². The molecule has 5 aliphatic carbocycles. The van der Waals surface area contributed by atoms with Crippen LogP contribution in [0.15, 0.2) is 12.2 Å². The van der Waals surface area contributed by atoms with E-state index in [1.165, 1.54) is 63.4 Å². The molecule has 11 heteroatoms. The van der Waals surface area contributed by atoms with Crippen molar-refractivity contribution in [2.45, 2.75) is 243 Å². The van der Waals surface area contributed by atoms with Crippen LogP contribution in [0.5, 0.6) is 0 Å². The summed E-state index contributed by atoms with van der Waals surface area (Å²) >= 11 is 0. The van der Waals surface area contributed by atoms with E-state index in [0.29, 0.717) is 29.2 Å². The Balaban J connectivity index is 1.15. The van der Waals surface area contributed by atoms with Gasteiger partial charge in [-0.1, -0.05) is 122 Å². The fourth-order valence-electron chi connectivity index (χ4n) is 19.0. The van der Waals surface area contributed by atoms with Crippen molar-refractivity contribution in [1.82, 2.24) is 25.3 Å². The summed E-state index contributed by atoms with van der Waals surface area (Å²) < 4.78 is 12.5. The second-order valence-electron chi connectivity index (χ2n) is 28.3. The van der Waals surface area contributed by atoms with Gasteiger partial charge in [-0.25, -0.2) is 0 Å². The van der Waals surface area contributed by atoms with Crippen molar-refractivity contribution < 1.29 is 28.7 Å². The summed E-state index contributed by atoms with van der Waals surface area (Å²) in [6, 6.07) is -1.81. The molecule has 0 radical (unpaired) electrons. The highest BCUT2D eigenvalue weighted by Gasteiger charge is 2.73. The van der Waals surface area contributed by atoms with Crippen LogP contribution in [0.1, 0.15) is 200 Å². The second kappa shape index (κ2) is 22.7. The number of nitrogens with zero attached hydrogens (tertiary/aromatic N) is 3. The molecular formula is C63H111N5O6. The normalized spacial score (nSPS) is 37.4. The topological polar surface area (TPSA) is 121 Å². The third kappa shape index (κ3) is 10.0. The van der Waals surface area contributed by atoms with Crippen molar-refractivity contribution in [3.63, 3.8) is 0 Å². The Morgan fingerprint density at radius 3 is 1.96 bits per heavy atom. The maximum absolute atomic E-state index is 14.8. The van der Waals surface area contributed by atoms with E-state index in [4.69, 9.17) is 9.47 Å². The number of ether oxygens (including phenoxy) is 2. The predicted octanol–water partition coefficient (Wildman–Crippen LogP) is 11.6. The van der Waals surface area contributed by atoms with Crippen molar-refractivity contribution >= 4 is 23.6 Å². The first-order valence-corrected chi connectivity index (χ1v) is 30.0.